The van der Waals surface area contributed by atoms with Crippen molar-refractivity contribution in [2.24, 2.45) is 0 Å². The van der Waals surface area contributed by atoms with Crippen LogP contribution in [0.25, 0.3) is 6.08 Å². The van der Waals surface area contributed by atoms with Crippen LogP contribution >= 0.6 is 0 Å². The van der Waals surface area contributed by atoms with Crippen LogP contribution in [0.3, 0.4) is 0 Å². The predicted molar refractivity (Wildman–Crippen MR) is 108 cm³/mol. The standard InChI is InChI=1S/C25H24O/c1-4-10-21(11-5-1)16-17-24-18-19-25(20-26-24,22-12-6-2-7-13-22)23-14-8-3-9-15-23/h1-17,24H,18-20H2/b17-16+. The molecule has 1 saturated heterocycles. The van der Waals surface area contributed by atoms with Gasteiger partial charge in [-0.3, -0.25) is 0 Å². The van der Waals surface area contributed by atoms with E-state index in [4.69, 9.17) is 4.74 Å². The van der Waals surface area contributed by atoms with Crippen molar-refractivity contribution >= 4 is 6.08 Å². The van der Waals surface area contributed by atoms with Gasteiger partial charge in [0.1, 0.15) is 0 Å². The summed E-state index contributed by atoms with van der Waals surface area (Å²) in [5.41, 5.74) is 3.85. The smallest absolute Gasteiger partial charge is 0.0760 e. The minimum absolute atomic E-state index is 0.0559. The monoisotopic (exact) mass is 340 g/mol. The number of hydrogen-bond donors (Lipinski definition) is 0. The molecule has 3 aromatic carbocycles. The molecule has 1 nitrogen and oxygen atoms in total. The van der Waals surface area contributed by atoms with Gasteiger partial charge in [0.15, 0.2) is 0 Å². The second-order valence-corrected chi connectivity index (χ2v) is 6.97. The minimum atomic E-state index is -0.0559. The second-order valence-electron chi connectivity index (χ2n) is 6.97. The Kier molecular flexibility index (Phi) is 4.99. The second kappa shape index (κ2) is 7.72. The average Bonchev–Trinajstić information content (AvgIpc) is 2.75. The molecule has 0 bridgehead atoms. The molecule has 1 fully saturated rings. The Labute approximate surface area is 156 Å². The summed E-state index contributed by atoms with van der Waals surface area (Å²) >= 11 is 0. The van der Waals surface area contributed by atoms with Crippen LogP contribution < -0.4 is 0 Å². The number of benzene rings is 3. The number of hydrogen-bond acceptors (Lipinski definition) is 1. The SMILES string of the molecule is C(=C\C1CCC(c2ccccc2)(c2ccccc2)CO1)/c1ccccc1. The highest BCUT2D eigenvalue weighted by molar-refractivity contribution is 5.49. The first-order chi connectivity index (χ1) is 12.9. The van der Waals surface area contributed by atoms with E-state index in [1.807, 2.05) is 6.07 Å². The Hall–Kier alpha value is -2.64. The molecular weight excluding hydrogens is 316 g/mol. The first-order valence-electron chi connectivity index (χ1n) is 9.33. The van der Waals surface area contributed by atoms with E-state index in [0.717, 1.165) is 12.8 Å². The fourth-order valence-corrected chi connectivity index (χ4v) is 3.86. The van der Waals surface area contributed by atoms with Crippen LogP contribution in [-0.4, -0.2) is 12.7 Å². The Morgan fingerprint density at radius 1 is 0.731 bits per heavy atom. The number of rotatable bonds is 4. The lowest BCUT2D eigenvalue weighted by Gasteiger charge is -2.40. The van der Waals surface area contributed by atoms with E-state index in [1.54, 1.807) is 0 Å². The Morgan fingerprint density at radius 2 is 1.27 bits per heavy atom. The van der Waals surface area contributed by atoms with Gasteiger partial charge in [0.2, 0.25) is 0 Å². The van der Waals surface area contributed by atoms with Gasteiger partial charge in [0.25, 0.3) is 0 Å². The Bertz CT molecular complexity index is 788. The van der Waals surface area contributed by atoms with Gasteiger partial charge in [-0.05, 0) is 29.5 Å². The molecule has 0 radical (unpaired) electrons. The zero-order chi connectivity index (χ0) is 17.7. The summed E-state index contributed by atoms with van der Waals surface area (Å²) in [7, 11) is 0. The highest BCUT2D eigenvalue weighted by Gasteiger charge is 2.38. The zero-order valence-corrected chi connectivity index (χ0v) is 14.9. The predicted octanol–water partition coefficient (Wildman–Crippen LogP) is 5.87. The molecule has 4 rings (SSSR count). The lowest BCUT2D eigenvalue weighted by molar-refractivity contribution is 0.00770. The Morgan fingerprint density at radius 3 is 1.77 bits per heavy atom. The lowest BCUT2D eigenvalue weighted by Crippen LogP contribution is -2.40. The van der Waals surface area contributed by atoms with E-state index in [9.17, 15) is 0 Å². The van der Waals surface area contributed by atoms with Crippen molar-refractivity contribution in [2.45, 2.75) is 24.4 Å². The first kappa shape index (κ1) is 16.8. The molecule has 1 aliphatic rings. The van der Waals surface area contributed by atoms with Crippen molar-refractivity contribution in [1.29, 1.82) is 0 Å². The van der Waals surface area contributed by atoms with E-state index in [1.165, 1.54) is 16.7 Å². The summed E-state index contributed by atoms with van der Waals surface area (Å²) in [6.07, 6.45) is 6.66. The van der Waals surface area contributed by atoms with Gasteiger partial charge in [-0.15, -0.1) is 0 Å². The van der Waals surface area contributed by atoms with Crippen LogP contribution in [0, 0.1) is 0 Å². The molecule has 0 aromatic heterocycles. The van der Waals surface area contributed by atoms with Gasteiger partial charge in [-0.25, -0.2) is 0 Å². The summed E-state index contributed by atoms with van der Waals surface area (Å²) < 4.78 is 6.34. The summed E-state index contributed by atoms with van der Waals surface area (Å²) in [5, 5.41) is 0. The summed E-state index contributed by atoms with van der Waals surface area (Å²) in [6.45, 7) is 0.713. The molecule has 0 N–H and O–H groups in total. The van der Waals surface area contributed by atoms with Gasteiger partial charge >= 0.3 is 0 Å². The largest absolute Gasteiger partial charge is 0.373 e. The van der Waals surface area contributed by atoms with E-state index in [2.05, 4.69) is 97.1 Å². The third kappa shape index (κ3) is 3.49. The topological polar surface area (TPSA) is 9.23 Å². The first-order valence-corrected chi connectivity index (χ1v) is 9.33. The van der Waals surface area contributed by atoms with Crippen molar-refractivity contribution in [3.8, 4) is 0 Å². The summed E-state index contributed by atoms with van der Waals surface area (Å²) in [5.74, 6) is 0. The maximum atomic E-state index is 6.34. The molecule has 1 atom stereocenters. The van der Waals surface area contributed by atoms with Crippen molar-refractivity contribution < 1.29 is 4.74 Å². The zero-order valence-electron chi connectivity index (χ0n) is 14.9. The van der Waals surface area contributed by atoms with Crippen molar-refractivity contribution in [3.63, 3.8) is 0 Å². The molecule has 1 aliphatic heterocycles. The van der Waals surface area contributed by atoms with Crippen LogP contribution in [0.15, 0.2) is 97.1 Å². The molecule has 0 aliphatic carbocycles. The fourth-order valence-electron chi connectivity index (χ4n) is 3.86. The molecule has 0 spiro atoms. The molecule has 26 heavy (non-hydrogen) atoms. The van der Waals surface area contributed by atoms with E-state index < -0.39 is 0 Å². The van der Waals surface area contributed by atoms with Gasteiger partial charge < -0.3 is 4.74 Å². The molecule has 1 heterocycles. The summed E-state index contributed by atoms with van der Waals surface area (Å²) in [6, 6.07) is 32.0. The molecule has 130 valence electrons. The van der Waals surface area contributed by atoms with Crippen molar-refractivity contribution in [2.75, 3.05) is 6.61 Å². The van der Waals surface area contributed by atoms with Crippen LogP contribution in [0.1, 0.15) is 29.5 Å². The maximum absolute atomic E-state index is 6.34. The maximum Gasteiger partial charge on any atom is 0.0760 e. The van der Waals surface area contributed by atoms with Gasteiger partial charge in [-0.1, -0.05) is 103 Å². The van der Waals surface area contributed by atoms with E-state index in [0.29, 0.717) is 6.61 Å². The lowest BCUT2D eigenvalue weighted by atomic mass is 9.70. The fraction of sp³-hybridized carbons (Fsp3) is 0.200. The van der Waals surface area contributed by atoms with E-state index in [-0.39, 0.29) is 11.5 Å². The van der Waals surface area contributed by atoms with Crippen LogP contribution in [-0.2, 0) is 10.2 Å². The molecular formula is C25H24O. The average molecular weight is 340 g/mol. The van der Waals surface area contributed by atoms with Crippen molar-refractivity contribution in [3.05, 3.63) is 114 Å². The highest BCUT2D eigenvalue weighted by Crippen LogP contribution is 2.41. The van der Waals surface area contributed by atoms with Crippen LogP contribution in [0.2, 0.25) is 0 Å². The molecule has 1 unspecified atom stereocenters. The molecule has 0 amide bonds. The van der Waals surface area contributed by atoms with E-state index >= 15 is 0 Å². The molecule has 3 aromatic rings. The minimum Gasteiger partial charge on any atom is -0.373 e. The van der Waals surface area contributed by atoms with Gasteiger partial charge in [0, 0.05) is 5.41 Å². The number of ether oxygens (including phenoxy) is 1. The Balaban J connectivity index is 1.56. The van der Waals surface area contributed by atoms with Crippen LogP contribution in [0.5, 0.6) is 0 Å². The van der Waals surface area contributed by atoms with Gasteiger partial charge in [-0.2, -0.15) is 0 Å². The third-order valence-corrected chi connectivity index (χ3v) is 5.36. The van der Waals surface area contributed by atoms with Gasteiger partial charge in [0.05, 0.1) is 12.7 Å². The van der Waals surface area contributed by atoms with Crippen LogP contribution in [0.4, 0.5) is 0 Å². The quantitative estimate of drug-likeness (QED) is 0.577. The highest BCUT2D eigenvalue weighted by atomic mass is 16.5. The molecule has 0 saturated carbocycles. The molecule has 1 heteroatoms. The third-order valence-electron chi connectivity index (χ3n) is 5.36. The van der Waals surface area contributed by atoms with Crippen molar-refractivity contribution in [1.82, 2.24) is 0 Å². The summed E-state index contributed by atoms with van der Waals surface area (Å²) in [4.78, 5) is 0. The normalized spacial score (nSPS) is 19.5.